The van der Waals surface area contributed by atoms with Crippen LogP contribution in [-0.2, 0) is 10.0 Å². The lowest BCUT2D eigenvalue weighted by Crippen LogP contribution is -2.13. The van der Waals surface area contributed by atoms with Crippen LogP contribution in [0.4, 0.5) is 5.69 Å². The first-order chi connectivity index (χ1) is 11.4. The molecule has 0 fully saturated rings. The fourth-order valence-electron chi connectivity index (χ4n) is 2.18. The molecule has 3 N–H and O–H groups in total. The lowest BCUT2D eigenvalue weighted by atomic mass is 10.1. The average molecular weight is 362 g/mol. The van der Waals surface area contributed by atoms with E-state index >= 15 is 0 Å². The van der Waals surface area contributed by atoms with Gasteiger partial charge in [-0.25, -0.2) is 13.4 Å². The molecule has 2 aromatic carbocycles. The highest BCUT2D eigenvalue weighted by molar-refractivity contribution is 7.92. The van der Waals surface area contributed by atoms with Crippen LogP contribution >= 0.6 is 11.3 Å². The number of nitrogens with one attached hydrogen (secondary N) is 1. The van der Waals surface area contributed by atoms with E-state index in [-0.39, 0.29) is 16.4 Å². The summed E-state index contributed by atoms with van der Waals surface area (Å²) in [4.78, 5) is 4.08. The number of phenolic OH excluding ortho intramolecular Hbond substituents is 2. The quantitative estimate of drug-likeness (QED) is 0.618. The van der Waals surface area contributed by atoms with Gasteiger partial charge in [0.25, 0.3) is 10.0 Å². The summed E-state index contributed by atoms with van der Waals surface area (Å²) in [6.45, 7) is 1.69. The SMILES string of the molecule is Cc1cc(O)c(-c2nccs2)cc1NS(=O)(=O)c1cccc(O)c1. The first kappa shape index (κ1) is 16.3. The summed E-state index contributed by atoms with van der Waals surface area (Å²) < 4.78 is 27.5. The number of hydrogen-bond acceptors (Lipinski definition) is 6. The molecule has 0 radical (unpaired) electrons. The van der Waals surface area contributed by atoms with Crippen LogP contribution in [0.25, 0.3) is 10.6 Å². The van der Waals surface area contributed by atoms with Gasteiger partial charge in [0.05, 0.1) is 16.1 Å². The van der Waals surface area contributed by atoms with E-state index in [9.17, 15) is 18.6 Å². The Hall–Kier alpha value is -2.58. The van der Waals surface area contributed by atoms with Crippen molar-refractivity contribution >= 4 is 27.0 Å². The maximum Gasteiger partial charge on any atom is 0.262 e. The Morgan fingerprint density at radius 2 is 1.96 bits per heavy atom. The number of nitrogens with zero attached hydrogens (tertiary/aromatic N) is 1. The number of phenols is 2. The Morgan fingerprint density at radius 3 is 2.62 bits per heavy atom. The second kappa shape index (κ2) is 6.14. The molecule has 0 aliphatic rings. The largest absolute Gasteiger partial charge is 0.508 e. The molecular weight excluding hydrogens is 348 g/mol. The van der Waals surface area contributed by atoms with Gasteiger partial charge < -0.3 is 10.2 Å². The standard InChI is InChI=1S/C16H14N2O4S2/c1-10-7-15(20)13(16-17-5-6-23-16)9-14(10)18-24(21,22)12-4-2-3-11(19)8-12/h2-9,18-20H,1H3. The molecule has 24 heavy (non-hydrogen) atoms. The third-order valence-electron chi connectivity index (χ3n) is 3.38. The summed E-state index contributed by atoms with van der Waals surface area (Å²) >= 11 is 1.34. The van der Waals surface area contributed by atoms with E-state index in [1.165, 1.54) is 41.7 Å². The number of sulfonamides is 1. The van der Waals surface area contributed by atoms with Gasteiger partial charge in [-0.05, 0) is 36.8 Å². The van der Waals surface area contributed by atoms with Crippen molar-refractivity contribution in [2.45, 2.75) is 11.8 Å². The number of aromatic hydroxyl groups is 2. The number of aryl methyl sites for hydroxylation is 1. The van der Waals surface area contributed by atoms with Gasteiger partial charge in [-0.3, -0.25) is 4.72 Å². The minimum absolute atomic E-state index is 0.0303. The Labute approximate surface area is 143 Å². The lowest BCUT2D eigenvalue weighted by molar-refractivity contribution is 0.473. The molecule has 124 valence electrons. The molecule has 0 atom stereocenters. The van der Waals surface area contributed by atoms with Crippen molar-refractivity contribution < 1.29 is 18.6 Å². The first-order valence-electron chi connectivity index (χ1n) is 6.92. The topological polar surface area (TPSA) is 99.5 Å². The summed E-state index contributed by atoms with van der Waals surface area (Å²) in [7, 11) is -3.87. The van der Waals surface area contributed by atoms with E-state index in [1.807, 2.05) is 0 Å². The Morgan fingerprint density at radius 1 is 1.17 bits per heavy atom. The van der Waals surface area contributed by atoms with Crippen molar-refractivity contribution in [1.29, 1.82) is 0 Å². The summed E-state index contributed by atoms with van der Waals surface area (Å²) in [5, 5.41) is 21.9. The van der Waals surface area contributed by atoms with Gasteiger partial charge in [0.1, 0.15) is 16.5 Å². The monoisotopic (exact) mass is 362 g/mol. The fraction of sp³-hybridized carbons (Fsp3) is 0.0625. The normalized spacial score (nSPS) is 11.4. The van der Waals surface area contributed by atoms with Crippen molar-refractivity contribution in [1.82, 2.24) is 4.98 Å². The predicted molar refractivity (Wildman–Crippen MR) is 92.9 cm³/mol. The molecule has 0 aliphatic heterocycles. The van der Waals surface area contributed by atoms with E-state index < -0.39 is 10.0 Å². The number of thiazole rings is 1. The molecule has 6 nitrogen and oxygen atoms in total. The van der Waals surface area contributed by atoms with Gasteiger partial charge in [0.15, 0.2) is 0 Å². The second-order valence-electron chi connectivity index (χ2n) is 5.12. The van der Waals surface area contributed by atoms with Crippen LogP contribution in [0.1, 0.15) is 5.56 Å². The van der Waals surface area contributed by atoms with Crippen molar-refractivity contribution in [3.8, 4) is 22.1 Å². The van der Waals surface area contributed by atoms with Gasteiger partial charge in [-0.1, -0.05) is 6.07 Å². The second-order valence-corrected chi connectivity index (χ2v) is 7.70. The van der Waals surface area contributed by atoms with E-state index in [1.54, 1.807) is 24.6 Å². The number of aromatic nitrogens is 1. The summed E-state index contributed by atoms with van der Waals surface area (Å²) in [6, 6.07) is 8.43. The molecule has 0 saturated heterocycles. The molecule has 0 spiro atoms. The van der Waals surface area contributed by atoms with Crippen LogP contribution in [-0.4, -0.2) is 23.6 Å². The molecule has 8 heteroatoms. The molecule has 0 bridgehead atoms. The molecule has 3 rings (SSSR count). The highest BCUT2D eigenvalue weighted by atomic mass is 32.2. The zero-order valence-electron chi connectivity index (χ0n) is 12.6. The summed E-state index contributed by atoms with van der Waals surface area (Å²) in [5.41, 5.74) is 1.35. The zero-order valence-corrected chi connectivity index (χ0v) is 14.2. The molecule has 1 aromatic heterocycles. The Balaban J connectivity index is 2.02. The molecule has 1 heterocycles. The van der Waals surface area contributed by atoms with Crippen LogP contribution in [0.15, 0.2) is 52.9 Å². The smallest absolute Gasteiger partial charge is 0.262 e. The third kappa shape index (κ3) is 3.19. The number of benzene rings is 2. The van der Waals surface area contributed by atoms with Gasteiger partial charge in [-0.15, -0.1) is 11.3 Å². The van der Waals surface area contributed by atoms with Crippen LogP contribution in [0, 0.1) is 6.92 Å². The van der Waals surface area contributed by atoms with Gasteiger partial charge >= 0.3 is 0 Å². The predicted octanol–water partition coefficient (Wildman–Crippen LogP) is 3.33. The van der Waals surface area contributed by atoms with Crippen molar-refractivity contribution in [2.75, 3.05) is 4.72 Å². The minimum atomic E-state index is -3.87. The van der Waals surface area contributed by atoms with Crippen LogP contribution in [0.5, 0.6) is 11.5 Å². The van der Waals surface area contributed by atoms with Crippen LogP contribution < -0.4 is 4.72 Å². The summed E-state index contributed by atoms with van der Waals surface area (Å²) in [5.74, 6) is -0.105. The Bertz CT molecular complexity index is 983. The number of anilines is 1. The van der Waals surface area contributed by atoms with Crippen molar-refractivity contribution in [2.24, 2.45) is 0 Å². The van der Waals surface area contributed by atoms with Crippen molar-refractivity contribution in [3.63, 3.8) is 0 Å². The molecule has 0 saturated carbocycles. The van der Waals surface area contributed by atoms with Gasteiger partial charge in [0, 0.05) is 17.6 Å². The molecule has 0 unspecified atom stereocenters. The number of hydrogen-bond donors (Lipinski definition) is 3. The first-order valence-corrected chi connectivity index (χ1v) is 9.28. The van der Waals surface area contributed by atoms with E-state index in [2.05, 4.69) is 9.71 Å². The molecule has 3 aromatic rings. The highest BCUT2D eigenvalue weighted by Crippen LogP contribution is 2.35. The minimum Gasteiger partial charge on any atom is -0.508 e. The van der Waals surface area contributed by atoms with Crippen molar-refractivity contribution in [3.05, 3.63) is 53.5 Å². The Kier molecular flexibility index (Phi) is 4.16. The fourth-order valence-corrected chi connectivity index (χ4v) is 4.01. The molecule has 0 amide bonds. The highest BCUT2D eigenvalue weighted by Gasteiger charge is 2.18. The van der Waals surface area contributed by atoms with E-state index in [4.69, 9.17) is 0 Å². The molecular formula is C16H14N2O4S2. The van der Waals surface area contributed by atoms with Gasteiger partial charge in [-0.2, -0.15) is 0 Å². The number of rotatable bonds is 4. The molecule has 0 aliphatic carbocycles. The average Bonchev–Trinajstić information content (AvgIpc) is 3.04. The van der Waals surface area contributed by atoms with Crippen LogP contribution in [0.3, 0.4) is 0 Å². The maximum absolute atomic E-state index is 12.5. The zero-order chi connectivity index (χ0) is 17.3. The van der Waals surface area contributed by atoms with E-state index in [0.29, 0.717) is 21.8 Å². The lowest BCUT2D eigenvalue weighted by Gasteiger charge is -2.13. The van der Waals surface area contributed by atoms with Gasteiger partial charge in [0.2, 0.25) is 0 Å². The summed E-state index contributed by atoms with van der Waals surface area (Å²) in [6.07, 6.45) is 1.61. The third-order valence-corrected chi connectivity index (χ3v) is 5.55. The van der Waals surface area contributed by atoms with E-state index in [0.717, 1.165) is 0 Å². The maximum atomic E-state index is 12.5. The van der Waals surface area contributed by atoms with Crippen LogP contribution in [0.2, 0.25) is 0 Å².